The minimum absolute atomic E-state index is 0.308. The molecule has 0 unspecified atom stereocenters. The second kappa shape index (κ2) is 13.2. The number of amides is 1. The van der Waals surface area contributed by atoms with Gasteiger partial charge in [0.1, 0.15) is 0 Å². The van der Waals surface area contributed by atoms with Gasteiger partial charge in [-0.05, 0) is 72.6 Å². The average molecular weight is 594 g/mol. The first-order valence-electron chi connectivity index (χ1n) is 12.3. The number of aryl methyl sites for hydroxylation is 1. The topological polar surface area (TPSA) is 84.8 Å². The molecule has 0 spiro atoms. The van der Waals surface area contributed by atoms with E-state index in [1.807, 2.05) is 55.6 Å². The van der Waals surface area contributed by atoms with Crippen LogP contribution < -0.4 is 20.2 Å². The first-order chi connectivity index (χ1) is 18.5. The van der Waals surface area contributed by atoms with Crippen LogP contribution in [-0.2, 0) is 0 Å². The highest BCUT2D eigenvalue weighted by Gasteiger charge is 2.11. The minimum atomic E-state index is -0.308. The molecule has 0 aliphatic heterocycles. The van der Waals surface area contributed by atoms with Crippen LogP contribution in [-0.4, -0.2) is 30.3 Å². The largest absolute Gasteiger partial charge is 0.490 e. The molecule has 3 aromatic carbocycles. The maximum absolute atomic E-state index is 12.6. The number of thiazole rings is 1. The lowest BCUT2D eigenvalue weighted by Gasteiger charge is -2.13. The lowest BCUT2D eigenvalue weighted by Crippen LogP contribution is -2.17. The van der Waals surface area contributed by atoms with Crippen molar-refractivity contribution in [3.05, 3.63) is 87.2 Å². The van der Waals surface area contributed by atoms with Crippen molar-refractivity contribution in [2.45, 2.75) is 27.2 Å². The predicted molar refractivity (Wildman–Crippen MR) is 158 cm³/mol. The summed E-state index contributed by atoms with van der Waals surface area (Å²) in [6.07, 6.45) is 2.47. The third kappa shape index (κ3) is 7.20. The molecule has 2 N–H and O–H groups in total. The van der Waals surface area contributed by atoms with Gasteiger partial charge in [0.25, 0.3) is 5.91 Å². The molecule has 0 atom stereocenters. The highest BCUT2D eigenvalue weighted by Crippen LogP contribution is 2.33. The molecule has 0 aliphatic carbocycles. The maximum atomic E-state index is 12.6. The number of ether oxygens (including phenoxy) is 2. The van der Waals surface area contributed by atoms with E-state index in [0.717, 1.165) is 38.5 Å². The highest BCUT2D eigenvalue weighted by atomic mass is 79.9. The van der Waals surface area contributed by atoms with Crippen molar-refractivity contribution in [1.29, 1.82) is 0 Å². The lowest BCUT2D eigenvalue weighted by atomic mass is 10.1. The summed E-state index contributed by atoms with van der Waals surface area (Å²) in [6, 6.07) is 19.1. The molecule has 4 aromatic rings. The van der Waals surface area contributed by atoms with E-state index >= 15 is 0 Å². The van der Waals surface area contributed by atoms with Crippen molar-refractivity contribution in [3.63, 3.8) is 0 Å². The fourth-order valence-electron chi connectivity index (χ4n) is 3.48. The number of carbonyl (C=O) groups is 1. The summed E-state index contributed by atoms with van der Waals surface area (Å²) in [4.78, 5) is 17.3. The van der Waals surface area contributed by atoms with Gasteiger partial charge >= 0.3 is 0 Å². The first kappa shape index (κ1) is 27.3. The van der Waals surface area contributed by atoms with Gasteiger partial charge in [-0.25, -0.2) is 10.4 Å². The van der Waals surface area contributed by atoms with Crippen LogP contribution >= 0.6 is 27.3 Å². The van der Waals surface area contributed by atoms with Crippen molar-refractivity contribution in [2.24, 2.45) is 5.10 Å². The Bertz CT molecular complexity index is 1400. The SMILES string of the molecule is CCCOc1cc(Br)c(/C=N/NC(=O)c2ccc(-c3csc(Nc4ccc(C)cc4)n3)cc2)cc1OCC. The number of hydrogen-bond donors (Lipinski definition) is 2. The normalized spacial score (nSPS) is 10.9. The standard InChI is InChI=1S/C29H29BrN4O3S/c1-4-14-37-27-16-24(30)22(15-26(27)36-5-2)17-31-34-28(35)21-10-8-20(9-11-21)25-18-38-29(33-25)32-23-12-6-19(3)7-13-23/h6-13,15-18H,4-5,14H2,1-3H3,(H,32,33)(H,34,35)/b31-17+. The Morgan fingerprint density at radius 1 is 1.05 bits per heavy atom. The number of anilines is 2. The van der Waals surface area contributed by atoms with Crippen LogP contribution in [0.3, 0.4) is 0 Å². The van der Waals surface area contributed by atoms with Crippen LogP contribution in [0.4, 0.5) is 10.8 Å². The Labute approximate surface area is 235 Å². The number of halogens is 1. The van der Waals surface area contributed by atoms with Gasteiger partial charge in [-0.3, -0.25) is 4.79 Å². The molecule has 1 aromatic heterocycles. The molecule has 0 bridgehead atoms. The zero-order valence-corrected chi connectivity index (χ0v) is 23.9. The minimum Gasteiger partial charge on any atom is -0.490 e. The van der Waals surface area contributed by atoms with Gasteiger partial charge in [-0.2, -0.15) is 5.10 Å². The van der Waals surface area contributed by atoms with Gasteiger partial charge in [0.2, 0.25) is 0 Å². The summed E-state index contributed by atoms with van der Waals surface area (Å²) in [5, 5.41) is 10.3. The molecule has 0 saturated carbocycles. The van der Waals surface area contributed by atoms with E-state index in [4.69, 9.17) is 9.47 Å². The summed E-state index contributed by atoms with van der Waals surface area (Å²) in [6.45, 7) is 7.14. The Hall–Kier alpha value is -3.69. The quantitative estimate of drug-likeness (QED) is 0.138. The van der Waals surface area contributed by atoms with Gasteiger partial charge in [0, 0.05) is 32.2 Å². The predicted octanol–water partition coefficient (Wildman–Crippen LogP) is 7.58. The molecule has 0 fully saturated rings. The van der Waals surface area contributed by atoms with Crippen molar-refractivity contribution in [1.82, 2.24) is 10.4 Å². The van der Waals surface area contributed by atoms with Crippen LogP contribution in [0.25, 0.3) is 11.3 Å². The Morgan fingerprint density at radius 3 is 2.50 bits per heavy atom. The van der Waals surface area contributed by atoms with Gasteiger partial charge < -0.3 is 14.8 Å². The van der Waals surface area contributed by atoms with Crippen molar-refractivity contribution in [2.75, 3.05) is 18.5 Å². The third-order valence-electron chi connectivity index (χ3n) is 5.44. The van der Waals surface area contributed by atoms with E-state index in [1.165, 1.54) is 16.9 Å². The third-order valence-corrected chi connectivity index (χ3v) is 6.89. The molecular weight excluding hydrogens is 564 g/mol. The van der Waals surface area contributed by atoms with Crippen LogP contribution in [0.15, 0.2) is 75.6 Å². The van der Waals surface area contributed by atoms with E-state index in [1.54, 1.807) is 18.3 Å². The Balaban J connectivity index is 1.38. The van der Waals surface area contributed by atoms with Crippen LogP contribution in [0.2, 0.25) is 0 Å². The summed E-state index contributed by atoms with van der Waals surface area (Å²) >= 11 is 5.07. The summed E-state index contributed by atoms with van der Waals surface area (Å²) in [5.74, 6) is 0.989. The van der Waals surface area contributed by atoms with Crippen molar-refractivity contribution < 1.29 is 14.3 Å². The van der Waals surface area contributed by atoms with Gasteiger partial charge in [-0.1, -0.05) is 36.8 Å². The molecule has 196 valence electrons. The molecule has 38 heavy (non-hydrogen) atoms. The van der Waals surface area contributed by atoms with Crippen LogP contribution in [0.1, 0.15) is 41.8 Å². The second-order valence-electron chi connectivity index (χ2n) is 8.41. The van der Waals surface area contributed by atoms with Gasteiger partial charge in [-0.15, -0.1) is 11.3 Å². The monoisotopic (exact) mass is 592 g/mol. The smallest absolute Gasteiger partial charge is 0.271 e. The van der Waals surface area contributed by atoms with E-state index < -0.39 is 0 Å². The van der Waals surface area contributed by atoms with Crippen molar-refractivity contribution in [3.8, 4) is 22.8 Å². The number of aromatic nitrogens is 1. The Morgan fingerprint density at radius 2 is 1.79 bits per heavy atom. The number of nitrogens with one attached hydrogen (secondary N) is 2. The average Bonchev–Trinajstić information content (AvgIpc) is 3.39. The molecule has 7 nitrogen and oxygen atoms in total. The highest BCUT2D eigenvalue weighted by molar-refractivity contribution is 9.10. The first-order valence-corrected chi connectivity index (χ1v) is 14.0. The van der Waals surface area contributed by atoms with Gasteiger partial charge in [0.05, 0.1) is 25.1 Å². The molecule has 0 aliphatic rings. The molecule has 9 heteroatoms. The summed E-state index contributed by atoms with van der Waals surface area (Å²) < 4.78 is 12.3. The number of hydrazone groups is 1. The van der Waals surface area contributed by atoms with E-state index in [-0.39, 0.29) is 5.91 Å². The molecule has 1 heterocycles. The zero-order valence-electron chi connectivity index (χ0n) is 21.5. The number of nitrogens with zero attached hydrogens (tertiary/aromatic N) is 2. The fourth-order valence-corrected chi connectivity index (χ4v) is 4.65. The summed E-state index contributed by atoms with van der Waals surface area (Å²) in [7, 11) is 0. The van der Waals surface area contributed by atoms with Crippen molar-refractivity contribution >= 4 is 50.2 Å². The number of benzene rings is 3. The molecule has 4 rings (SSSR count). The number of rotatable bonds is 11. The van der Waals surface area contributed by atoms with Gasteiger partial charge in [0.15, 0.2) is 16.6 Å². The van der Waals surface area contributed by atoms with E-state index in [9.17, 15) is 4.79 Å². The van der Waals surface area contributed by atoms with E-state index in [2.05, 4.69) is 55.8 Å². The summed E-state index contributed by atoms with van der Waals surface area (Å²) in [5.41, 5.74) is 7.81. The Kier molecular flexibility index (Phi) is 9.51. The number of carbonyl (C=O) groups excluding carboxylic acids is 1. The van der Waals surface area contributed by atoms with E-state index in [0.29, 0.717) is 30.3 Å². The van der Waals surface area contributed by atoms with Crippen LogP contribution in [0, 0.1) is 6.92 Å². The lowest BCUT2D eigenvalue weighted by molar-refractivity contribution is 0.0955. The number of hydrogen-bond acceptors (Lipinski definition) is 7. The fraction of sp³-hybridized carbons (Fsp3) is 0.207. The zero-order chi connectivity index (χ0) is 26.9. The molecule has 0 radical (unpaired) electrons. The maximum Gasteiger partial charge on any atom is 0.271 e. The van der Waals surface area contributed by atoms with Crippen LogP contribution in [0.5, 0.6) is 11.5 Å². The molecular formula is C29H29BrN4O3S. The molecule has 1 amide bonds. The molecule has 0 saturated heterocycles. The second-order valence-corrected chi connectivity index (χ2v) is 10.1.